The number of aliphatic hydroxyl groups excluding tert-OH is 1. The quantitative estimate of drug-likeness (QED) is 0.811. The number of phenolic OH excluding ortho intramolecular Hbond substituents is 1. The van der Waals surface area contributed by atoms with E-state index in [9.17, 15) is 10.2 Å². The zero-order valence-electron chi connectivity index (χ0n) is 11.8. The zero-order chi connectivity index (χ0) is 13.9. The van der Waals surface area contributed by atoms with Crippen LogP contribution in [0.5, 0.6) is 5.75 Å². The summed E-state index contributed by atoms with van der Waals surface area (Å²) in [5.74, 6) is 0.283. The van der Waals surface area contributed by atoms with E-state index in [-0.39, 0.29) is 30.8 Å². The molecule has 0 spiro atoms. The number of nitrogens with zero attached hydrogens (tertiary/aromatic N) is 1. The molecule has 1 saturated heterocycles. The van der Waals surface area contributed by atoms with Gasteiger partial charge in [-0.25, -0.2) is 0 Å². The SMILES string of the molecule is Cl.OC[C@@H](c1ccc2cc(O)ccc2c1)N1CCNCC1. The summed E-state index contributed by atoms with van der Waals surface area (Å²) in [6, 6.07) is 11.6. The normalized spacial score (nSPS) is 17.4. The molecule has 21 heavy (non-hydrogen) atoms. The average molecular weight is 309 g/mol. The van der Waals surface area contributed by atoms with Gasteiger partial charge in [0.05, 0.1) is 12.6 Å². The van der Waals surface area contributed by atoms with E-state index in [0.29, 0.717) is 0 Å². The van der Waals surface area contributed by atoms with Crippen molar-refractivity contribution in [1.82, 2.24) is 10.2 Å². The fourth-order valence-corrected chi connectivity index (χ4v) is 2.88. The molecular formula is C16H21ClN2O2. The van der Waals surface area contributed by atoms with Crippen LogP contribution >= 0.6 is 12.4 Å². The number of fused-ring (bicyclic) bond motifs is 1. The predicted molar refractivity (Wildman–Crippen MR) is 87.1 cm³/mol. The van der Waals surface area contributed by atoms with Gasteiger partial charge in [0.25, 0.3) is 0 Å². The van der Waals surface area contributed by atoms with Crippen LogP contribution in [0.3, 0.4) is 0 Å². The maximum absolute atomic E-state index is 9.75. The maximum Gasteiger partial charge on any atom is 0.116 e. The lowest BCUT2D eigenvalue weighted by atomic mass is 10.0. The fraction of sp³-hybridized carbons (Fsp3) is 0.375. The molecular weight excluding hydrogens is 288 g/mol. The van der Waals surface area contributed by atoms with E-state index in [1.807, 2.05) is 18.2 Å². The number of phenols is 1. The molecule has 0 saturated carbocycles. The Morgan fingerprint density at radius 3 is 2.43 bits per heavy atom. The van der Waals surface area contributed by atoms with Crippen molar-refractivity contribution in [1.29, 1.82) is 0 Å². The van der Waals surface area contributed by atoms with Crippen LogP contribution in [-0.2, 0) is 0 Å². The minimum Gasteiger partial charge on any atom is -0.508 e. The molecule has 0 aromatic heterocycles. The summed E-state index contributed by atoms with van der Waals surface area (Å²) in [5.41, 5.74) is 1.13. The molecule has 0 aliphatic carbocycles. The number of benzene rings is 2. The van der Waals surface area contributed by atoms with Crippen LogP contribution in [-0.4, -0.2) is 47.9 Å². The largest absolute Gasteiger partial charge is 0.508 e. The Hall–Kier alpha value is -1.33. The third-order valence-corrected chi connectivity index (χ3v) is 4.00. The number of aromatic hydroxyl groups is 1. The standard InChI is InChI=1S/C16H20N2O2.ClH/c19-11-16(18-7-5-17-6-8-18)14-2-1-13-10-15(20)4-3-12(13)9-14;/h1-4,9-10,16-17,19-20H,5-8,11H2;1H/t16-;/m0./s1. The Labute approximate surface area is 130 Å². The van der Waals surface area contributed by atoms with E-state index in [1.54, 1.807) is 12.1 Å². The second-order valence-corrected chi connectivity index (χ2v) is 5.28. The van der Waals surface area contributed by atoms with Crippen molar-refractivity contribution in [2.45, 2.75) is 6.04 Å². The third-order valence-electron chi connectivity index (χ3n) is 4.00. The summed E-state index contributed by atoms with van der Waals surface area (Å²) < 4.78 is 0. The van der Waals surface area contributed by atoms with Crippen LogP contribution in [0.15, 0.2) is 36.4 Å². The minimum absolute atomic E-state index is 0. The van der Waals surface area contributed by atoms with Gasteiger partial charge in [-0.05, 0) is 34.5 Å². The lowest BCUT2D eigenvalue weighted by Gasteiger charge is -2.34. The molecule has 3 rings (SSSR count). The van der Waals surface area contributed by atoms with Gasteiger partial charge in [0.1, 0.15) is 5.75 Å². The van der Waals surface area contributed by atoms with Crippen molar-refractivity contribution < 1.29 is 10.2 Å². The smallest absolute Gasteiger partial charge is 0.116 e. The highest BCUT2D eigenvalue weighted by Gasteiger charge is 2.21. The predicted octanol–water partition coefficient (Wildman–Crippen LogP) is 1.91. The Balaban J connectivity index is 0.00000161. The van der Waals surface area contributed by atoms with Crippen molar-refractivity contribution in [2.75, 3.05) is 32.8 Å². The van der Waals surface area contributed by atoms with Gasteiger partial charge >= 0.3 is 0 Å². The molecule has 4 nitrogen and oxygen atoms in total. The number of hydrogen-bond acceptors (Lipinski definition) is 4. The van der Waals surface area contributed by atoms with Gasteiger partial charge < -0.3 is 15.5 Å². The van der Waals surface area contributed by atoms with Gasteiger partial charge in [0.15, 0.2) is 0 Å². The van der Waals surface area contributed by atoms with Crippen molar-refractivity contribution in [3.8, 4) is 5.75 Å². The number of piperazine rings is 1. The minimum atomic E-state index is 0. The monoisotopic (exact) mass is 308 g/mol. The van der Waals surface area contributed by atoms with E-state index >= 15 is 0 Å². The van der Waals surface area contributed by atoms with Crippen LogP contribution in [0.2, 0.25) is 0 Å². The molecule has 5 heteroatoms. The highest BCUT2D eigenvalue weighted by Crippen LogP contribution is 2.26. The van der Waals surface area contributed by atoms with Crippen LogP contribution in [0, 0.1) is 0 Å². The molecule has 1 aliphatic rings. The Bertz CT molecular complexity index is 600. The molecule has 3 N–H and O–H groups in total. The summed E-state index contributed by atoms with van der Waals surface area (Å²) >= 11 is 0. The highest BCUT2D eigenvalue weighted by molar-refractivity contribution is 5.85. The topological polar surface area (TPSA) is 55.7 Å². The van der Waals surface area contributed by atoms with Crippen LogP contribution in [0.4, 0.5) is 0 Å². The zero-order valence-corrected chi connectivity index (χ0v) is 12.6. The molecule has 1 atom stereocenters. The highest BCUT2D eigenvalue weighted by atomic mass is 35.5. The molecule has 2 aromatic carbocycles. The summed E-state index contributed by atoms with van der Waals surface area (Å²) in [4.78, 5) is 2.32. The lowest BCUT2D eigenvalue weighted by molar-refractivity contribution is 0.111. The van der Waals surface area contributed by atoms with Gasteiger partial charge in [-0.15, -0.1) is 12.4 Å². The molecule has 0 bridgehead atoms. The Morgan fingerprint density at radius 1 is 1.05 bits per heavy atom. The van der Waals surface area contributed by atoms with E-state index < -0.39 is 0 Å². The van der Waals surface area contributed by atoms with Crippen molar-refractivity contribution >= 4 is 23.2 Å². The Morgan fingerprint density at radius 2 is 1.71 bits per heavy atom. The number of rotatable bonds is 3. The fourth-order valence-electron chi connectivity index (χ4n) is 2.88. The van der Waals surface area contributed by atoms with Gasteiger partial charge in [-0.3, -0.25) is 4.90 Å². The maximum atomic E-state index is 9.75. The molecule has 1 aliphatic heterocycles. The number of hydrogen-bond donors (Lipinski definition) is 3. The first-order valence-corrected chi connectivity index (χ1v) is 7.06. The number of nitrogens with one attached hydrogen (secondary N) is 1. The lowest BCUT2D eigenvalue weighted by Crippen LogP contribution is -2.46. The molecule has 0 radical (unpaired) electrons. The first-order chi connectivity index (χ1) is 9.78. The second-order valence-electron chi connectivity index (χ2n) is 5.28. The molecule has 0 amide bonds. The molecule has 2 aromatic rings. The molecule has 114 valence electrons. The van der Waals surface area contributed by atoms with Crippen molar-refractivity contribution in [3.05, 3.63) is 42.0 Å². The average Bonchev–Trinajstić information content (AvgIpc) is 2.49. The third kappa shape index (κ3) is 3.47. The summed E-state index contributed by atoms with van der Waals surface area (Å²) in [6.45, 7) is 3.98. The van der Waals surface area contributed by atoms with Gasteiger partial charge in [0.2, 0.25) is 0 Å². The van der Waals surface area contributed by atoms with E-state index in [1.165, 1.54) is 0 Å². The van der Waals surface area contributed by atoms with E-state index in [0.717, 1.165) is 42.5 Å². The second kappa shape index (κ2) is 7.09. The Kier molecular flexibility index (Phi) is 5.42. The van der Waals surface area contributed by atoms with Crippen molar-refractivity contribution in [2.24, 2.45) is 0 Å². The summed E-state index contributed by atoms with van der Waals surface area (Å²) in [5, 5.41) is 24.7. The summed E-state index contributed by atoms with van der Waals surface area (Å²) in [7, 11) is 0. The van der Waals surface area contributed by atoms with Gasteiger partial charge in [0, 0.05) is 26.2 Å². The first-order valence-electron chi connectivity index (χ1n) is 7.06. The van der Waals surface area contributed by atoms with E-state index in [2.05, 4.69) is 16.3 Å². The first kappa shape index (κ1) is 16.0. The van der Waals surface area contributed by atoms with Gasteiger partial charge in [-0.2, -0.15) is 0 Å². The molecule has 0 unspecified atom stereocenters. The van der Waals surface area contributed by atoms with Crippen molar-refractivity contribution in [3.63, 3.8) is 0 Å². The van der Waals surface area contributed by atoms with Crippen LogP contribution in [0.25, 0.3) is 10.8 Å². The number of aliphatic hydroxyl groups is 1. The van der Waals surface area contributed by atoms with Crippen LogP contribution in [0.1, 0.15) is 11.6 Å². The van der Waals surface area contributed by atoms with Crippen LogP contribution < -0.4 is 5.32 Å². The summed E-state index contributed by atoms with van der Waals surface area (Å²) in [6.07, 6.45) is 0. The van der Waals surface area contributed by atoms with Gasteiger partial charge in [-0.1, -0.05) is 18.2 Å². The van der Waals surface area contributed by atoms with E-state index in [4.69, 9.17) is 0 Å². The number of halogens is 1. The molecule has 1 heterocycles. The molecule has 1 fully saturated rings.